The number of nitrogens with zero attached hydrogens (tertiary/aromatic N) is 4. The van der Waals surface area contributed by atoms with Crippen molar-refractivity contribution in [1.29, 1.82) is 0 Å². The summed E-state index contributed by atoms with van der Waals surface area (Å²) in [4.78, 5) is 27.3. The van der Waals surface area contributed by atoms with Crippen LogP contribution in [0, 0.1) is 12.8 Å². The topological polar surface area (TPSA) is 49.3 Å². The van der Waals surface area contributed by atoms with Gasteiger partial charge in [0.25, 0.3) is 0 Å². The standard InChI is InChI=1S/C18H22N4OS/c1-13-10-19-18(20-11-13)21-6-2-14(3-7-21)17(23)22-8-4-16-15(12-22)5-9-24-16/h5,9-11,14H,2-4,6-8,12H2,1H3. The molecule has 4 heterocycles. The molecule has 2 aliphatic heterocycles. The van der Waals surface area contributed by atoms with Crippen LogP contribution in [0.5, 0.6) is 0 Å². The summed E-state index contributed by atoms with van der Waals surface area (Å²) >= 11 is 1.82. The summed E-state index contributed by atoms with van der Waals surface area (Å²) in [5.74, 6) is 1.26. The molecule has 1 amide bonds. The number of anilines is 1. The second-order valence-corrected chi connectivity index (χ2v) is 7.70. The highest BCUT2D eigenvalue weighted by Gasteiger charge is 2.31. The van der Waals surface area contributed by atoms with Crippen molar-refractivity contribution >= 4 is 23.2 Å². The molecule has 5 nitrogen and oxygen atoms in total. The highest BCUT2D eigenvalue weighted by Crippen LogP contribution is 2.28. The molecule has 0 N–H and O–H groups in total. The Labute approximate surface area is 146 Å². The van der Waals surface area contributed by atoms with Gasteiger partial charge in [-0.3, -0.25) is 4.79 Å². The number of fused-ring (bicyclic) bond motifs is 1. The van der Waals surface area contributed by atoms with Crippen molar-refractivity contribution in [3.63, 3.8) is 0 Å². The van der Waals surface area contributed by atoms with Crippen molar-refractivity contribution in [1.82, 2.24) is 14.9 Å². The van der Waals surface area contributed by atoms with Gasteiger partial charge in [0.05, 0.1) is 0 Å². The summed E-state index contributed by atoms with van der Waals surface area (Å²) in [5.41, 5.74) is 2.41. The average Bonchev–Trinajstić information content (AvgIpc) is 3.09. The number of thiophene rings is 1. The molecule has 0 atom stereocenters. The van der Waals surface area contributed by atoms with Crippen LogP contribution in [0.25, 0.3) is 0 Å². The molecule has 2 aliphatic rings. The number of hydrogen-bond donors (Lipinski definition) is 0. The quantitative estimate of drug-likeness (QED) is 0.842. The maximum absolute atomic E-state index is 12.9. The molecule has 126 valence electrons. The molecule has 0 unspecified atom stereocenters. The second kappa shape index (κ2) is 6.51. The summed E-state index contributed by atoms with van der Waals surface area (Å²) in [7, 11) is 0. The van der Waals surface area contributed by atoms with Gasteiger partial charge in [0.15, 0.2) is 0 Å². The van der Waals surface area contributed by atoms with Crippen LogP contribution in [0.4, 0.5) is 5.95 Å². The molecule has 24 heavy (non-hydrogen) atoms. The van der Waals surface area contributed by atoms with E-state index in [0.717, 1.165) is 57.0 Å². The molecule has 0 spiro atoms. The van der Waals surface area contributed by atoms with Crippen molar-refractivity contribution in [3.8, 4) is 0 Å². The van der Waals surface area contributed by atoms with Crippen LogP contribution in [0.3, 0.4) is 0 Å². The van der Waals surface area contributed by atoms with Crippen molar-refractivity contribution < 1.29 is 4.79 Å². The Morgan fingerprint density at radius 1 is 1.21 bits per heavy atom. The minimum atomic E-state index is 0.145. The third-order valence-electron chi connectivity index (χ3n) is 5.01. The van der Waals surface area contributed by atoms with E-state index in [4.69, 9.17) is 0 Å². The molecular formula is C18H22N4OS. The molecule has 2 aromatic heterocycles. The molecule has 1 fully saturated rings. The van der Waals surface area contributed by atoms with E-state index >= 15 is 0 Å². The predicted octanol–water partition coefficient (Wildman–Crippen LogP) is 2.65. The summed E-state index contributed by atoms with van der Waals surface area (Å²) < 4.78 is 0. The zero-order valence-electron chi connectivity index (χ0n) is 13.9. The Morgan fingerprint density at radius 3 is 2.71 bits per heavy atom. The van der Waals surface area contributed by atoms with Crippen LogP contribution in [-0.4, -0.2) is 40.4 Å². The van der Waals surface area contributed by atoms with Crippen molar-refractivity contribution in [3.05, 3.63) is 39.8 Å². The molecule has 4 rings (SSSR count). The normalized spacial score (nSPS) is 18.5. The minimum absolute atomic E-state index is 0.145. The lowest BCUT2D eigenvalue weighted by Gasteiger charge is -2.35. The lowest BCUT2D eigenvalue weighted by molar-refractivity contribution is -0.137. The van der Waals surface area contributed by atoms with Gasteiger partial charge in [0.1, 0.15) is 0 Å². The second-order valence-electron chi connectivity index (χ2n) is 6.70. The fourth-order valence-electron chi connectivity index (χ4n) is 3.57. The zero-order valence-corrected chi connectivity index (χ0v) is 14.8. The van der Waals surface area contributed by atoms with Gasteiger partial charge in [-0.05, 0) is 48.8 Å². The third-order valence-corrected chi connectivity index (χ3v) is 6.04. The number of rotatable bonds is 2. The first kappa shape index (κ1) is 15.6. The smallest absolute Gasteiger partial charge is 0.226 e. The zero-order chi connectivity index (χ0) is 16.5. The average molecular weight is 342 g/mol. The summed E-state index contributed by atoms with van der Waals surface area (Å²) in [5, 5.41) is 2.14. The number of carbonyl (C=O) groups excluding carboxylic acids is 1. The molecule has 0 radical (unpaired) electrons. The predicted molar refractivity (Wildman–Crippen MR) is 95.1 cm³/mol. The maximum atomic E-state index is 12.9. The highest BCUT2D eigenvalue weighted by molar-refractivity contribution is 7.10. The largest absolute Gasteiger partial charge is 0.341 e. The van der Waals surface area contributed by atoms with Gasteiger partial charge in [-0.1, -0.05) is 0 Å². The first-order chi connectivity index (χ1) is 11.7. The number of aromatic nitrogens is 2. The Hall–Kier alpha value is -1.95. The third kappa shape index (κ3) is 3.02. The van der Waals surface area contributed by atoms with Gasteiger partial charge in [0.2, 0.25) is 11.9 Å². The van der Waals surface area contributed by atoms with E-state index in [2.05, 4.69) is 31.2 Å². The van der Waals surface area contributed by atoms with E-state index in [1.807, 2.05) is 30.7 Å². The fourth-order valence-corrected chi connectivity index (χ4v) is 4.46. The van der Waals surface area contributed by atoms with E-state index < -0.39 is 0 Å². The van der Waals surface area contributed by atoms with Crippen LogP contribution in [0.2, 0.25) is 0 Å². The first-order valence-corrected chi connectivity index (χ1v) is 9.46. The minimum Gasteiger partial charge on any atom is -0.341 e. The Morgan fingerprint density at radius 2 is 1.96 bits per heavy atom. The van der Waals surface area contributed by atoms with Crippen LogP contribution in [0.1, 0.15) is 28.8 Å². The van der Waals surface area contributed by atoms with Crippen LogP contribution in [-0.2, 0) is 17.8 Å². The maximum Gasteiger partial charge on any atom is 0.226 e. The summed E-state index contributed by atoms with van der Waals surface area (Å²) in [6.45, 7) is 5.37. The van der Waals surface area contributed by atoms with Crippen LogP contribution < -0.4 is 4.90 Å². The lowest BCUT2D eigenvalue weighted by Crippen LogP contribution is -2.44. The Kier molecular flexibility index (Phi) is 4.22. The number of carbonyl (C=O) groups is 1. The van der Waals surface area contributed by atoms with Crippen LogP contribution >= 0.6 is 11.3 Å². The van der Waals surface area contributed by atoms with Gasteiger partial charge in [-0.2, -0.15) is 0 Å². The van der Waals surface area contributed by atoms with Gasteiger partial charge in [0, 0.05) is 49.4 Å². The molecule has 0 aliphatic carbocycles. The number of amides is 1. The van der Waals surface area contributed by atoms with E-state index in [0.29, 0.717) is 5.91 Å². The van der Waals surface area contributed by atoms with E-state index in [-0.39, 0.29) is 5.92 Å². The molecule has 0 saturated carbocycles. The summed E-state index contributed by atoms with van der Waals surface area (Å²) in [6, 6.07) is 2.16. The van der Waals surface area contributed by atoms with Crippen molar-refractivity contribution in [2.24, 2.45) is 5.92 Å². The fraction of sp³-hybridized carbons (Fsp3) is 0.500. The number of piperidine rings is 1. The number of hydrogen-bond acceptors (Lipinski definition) is 5. The van der Waals surface area contributed by atoms with E-state index in [9.17, 15) is 4.79 Å². The molecule has 2 aromatic rings. The van der Waals surface area contributed by atoms with Gasteiger partial charge in [-0.25, -0.2) is 9.97 Å². The summed E-state index contributed by atoms with van der Waals surface area (Å²) in [6.07, 6.45) is 6.50. The molecule has 0 aromatic carbocycles. The van der Waals surface area contributed by atoms with Gasteiger partial charge in [-0.15, -0.1) is 11.3 Å². The molecular weight excluding hydrogens is 320 g/mol. The highest BCUT2D eigenvalue weighted by atomic mass is 32.1. The van der Waals surface area contributed by atoms with Gasteiger partial charge < -0.3 is 9.80 Å². The van der Waals surface area contributed by atoms with Gasteiger partial charge >= 0.3 is 0 Å². The molecule has 6 heteroatoms. The Bertz CT molecular complexity index is 719. The van der Waals surface area contributed by atoms with Crippen LogP contribution in [0.15, 0.2) is 23.8 Å². The van der Waals surface area contributed by atoms with E-state index in [1.165, 1.54) is 10.4 Å². The molecule has 0 bridgehead atoms. The lowest BCUT2D eigenvalue weighted by atomic mass is 9.94. The van der Waals surface area contributed by atoms with E-state index in [1.54, 1.807) is 0 Å². The molecule has 1 saturated heterocycles. The monoisotopic (exact) mass is 342 g/mol. The first-order valence-electron chi connectivity index (χ1n) is 8.58. The van der Waals surface area contributed by atoms with Crippen molar-refractivity contribution in [2.75, 3.05) is 24.5 Å². The Balaban J connectivity index is 1.36. The number of aryl methyl sites for hydroxylation is 1. The SMILES string of the molecule is Cc1cnc(N2CCC(C(=O)N3CCc4sccc4C3)CC2)nc1. The van der Waals surface area contributed by atoms with Crippen molar-refractivity contribution in [2.45, 2.75) is 32.7 Å².